The highest BCUT2D eigenvalue weighted by atomic mass is 16.2. The first kappa shape index (κ1) is 30.2. The fourth-order valence-electron chi connectivity index (χ4n) is 5.01. The summed E-state index contributed by atoms with van der Waals surface area (Å²) < 4.78 is 1.45. The Morgan fingerprint density at radius 1 is 0.932 bits per heavy atom. The first-order valence-electron chi connectivity index (χ1n) is 14.4. The van der Waals surface area contributed by atoms with Crippen LogP contribution in [0, 0.1) is 6.92 Å². The highest BCUT2D eigenvalue weighted by molar-refractivity contribution is 6.05. The first-order chi connectivity index (χ1) is 20.9. The predicted octanol–water partition coefficient (Wildman–Crippen LogP) is 4.62. The van der Waals surface area contributed by atoms with Crippen LogP contribution in [0.5, 0.6) is 0 Å². The molecule has 3 aromatic carbocycles. The Kier molecular flexibility index (Phi) is 8.35. The molecule has 0 saturated carbocycles. The summed E-state index contributed by atoms with van der Waals surface area (Å²) in [7, 11) is 1.65. The van der Waals surface area contributed by atoms with Gasteiger partial charge in [-0.1, -0.05) is 45.0 Å². The Morgan fingerprint density at radius 2 is 1.61 bits per heavy atom. The van der Waals surface area contributed by atoms with Crippen LogP contribution >= 0.6 is 0 Å². The SMILES string of the molecule is Cc1c(NC(=O)c2ccc(C(C)(C)C)cc2)cccc1-c1cn(C)c(=O)c(Nc2ccc(C(=O)N3CCNC(=O)C3)cc2)n1. The maximum atomic E-state index is 13.1. The van der Waals surface area contributed by atoms with Crippen LogP contribution in [-0.2, 0) is 17.3 Å². The molecule has 0 radical (unpaired) electrons. The molecule has 3 amide bonds. The Bertz CT molecular complexity index is 1790. The number of aryl methyl sites for hydroxylation is 1. The van der Waals surface area contributed by atoms with Crippen LogP contribution < -0.4 is 21.5 Å². The van der Waals surface area contributed by atoms with Gasteiger partial charge in [-0.05, 0) is 65.9 Å². The molecule has 44 heavy (non-hydrogen) atoms. The van der Waals surface area contributed by atoms with E-state index in [9.17, 15) is 19.2 Å². The van der Waals surface area contributed by atoms with Gasteiger partial charge >= 0.3 is 0 Å². The van der Waals surface area contributed by atoms with Gasteiger partial charge in [0, 0.05) is 54.4 Å². The number of nitrogens with zero attached hydrogens (tertiary/aromatic N) is 3. The Morgan fingerprint density at radius 3 is 2.27 bits per heavy atom. The molecule has 1 aliphatic heterocycles. The van der Waals surface area contributed by atoms with Crippen LogP contribution in [0.1, 0.15) is 52.6 Å². The minimum Gasteiger partial charge on any atom is -0.353 e. The third-order valence-electron chi connectivity index (χ3n) is 7.66. The van der Waals surface area contributed by atoms with E-state index in [2.05, 4.69) is 41.7 Å². The molecule has 10 heteroatoms. The van der Waals surface area contributed by atoms with E-state index in [0.717, 1.165) is 16.7 Å². The third-order valence-corrected chi connectivity index (χ3v) is 7.66. The van der Waals surface area contributed by atoms with Crippen molar-refractivity contribution in [3.8, 4) is 11.3 Å². The smallest absolute Gasteiger partial charge is 0.293 e. The molecule has 0 atom stereocenters. The molecule has 1 aliphatic rings. The first-order valence-corrected chi connectivity index (χ1v) is 14.4. The van der Waals surface area contributed by atoms with E-state index in [4.69, 9.17) is 0 Å². The quantitative estimate of drug-likeness (QED) is 0.300. The zero-order valence-corrected chi connectivity index (χ0v) is 25.5. The van der Waals surface area contributed by atoms with Gasteiger partial charge in [0.15, 0.2) is 5.82 Å². The molecule has 4 aromatic rings. The van der Waals surface area contributed by atoms with Crippen LogP contribution in [0.3, 0.4) is 0 Å². The normalized spacial score (nSPS) is 13.3. The fourth-order valence-corrected chi connectivity index (χ4v) is 5.01. The van der Waals surface area contributed by atoms with Gasteiger partial charge in [0.2, 0.25) is 5.91 Å². The summed E-state index contributed by atoms with van der Waals surface area (Å²) in [5, 5.41) is 8.80. The number of benzene rings is 3. The molecular formula is C34H36N6O4. The molecule has 1 aromatic heterocycles. The van der Waals surface area contributed by atoms with Gasteiger partial charge in [-0.3, -0.25) is 19.2 Å². The minimum atomic E-state index is -0.325. The zero-order valence-electron chi connectivity index (χ0n) is 25.5. The lowest BCUT2D eigenvalue weighted by molar-refractivity contribution is -0.123. The number of rotatable bonds is 6. The molecule has 10 nitrogen and oxygen atoms in total. The van der Waals surface area contributed by atoms with Crippen LogP contribution in [0.2, 0.25) is 0 Å². The van der Waals surface area contributed by atoms with Gasteiger partial charge in [-0.2, -0.15) is 0 Å². The van der Waals surface area contributed by atoms with Gasteiger partial charge < -0.3 is 25.4 Å². The number of piperazine rings is 1. The summed E-state index contributed by atoms with van der Waals surface area (Å²) in [6, 6.07) is 19.9. The number of carbonyl (C=O) groups excluding carboxylic acids is 3. The second-order valence-electron chi connectivity index (χ2n) is 11.9. The average molecular weight is 593 g/mol. The van der Waals surface area contributed by atoms with Gasteiger partial charge in [0.25, 0.3) is 17.4 Å². The number of nitrogens with one attached hydrogen (secondary N) is 3. The summed E-state index contributed by atoms with van der Waals surface area (Å²) in [4.78, 5) is 56.7. The Balaban J connectivity index is 1.35. The second kappa shape index (κ2) is 12.2. The topological polar surface area (TPSA) is 125 Å². The Labute approximate surface area is 256 Å². The van der Waals surface area contributed by atoms with Crippen molar-refractivity contribution < 1.29 is 14.4 Å². The fraction of sp³-hybridized carbons (Fsp3) is 0.265. The number of aromatic nitrogens is 2. The summed E-state index contributed by atoms with van der Waals surface area (Å²) in [6.07, 6.45) is 1.66. The van der Waals surface area contributed by atoms with Gasteiger partial charge in [0.05, 0.1) is 12.2 Å². The molecule has 0 aliphatic carbocycles. The van der Waals surface area contributed by atoms with Crippen molar-refractivity contribution in [2.45, 2.75) is 33.1 Å². The molecule has 5 rings (SSSR count). The standard InChI is InChI=1S/C34H36N6O4/c1-21-26(7-6-8-27(21)38-31(42)22-9-13-24(14-10-22)34(2,3)4)28-19-39(5)33(44)30(37-28)36-25-15-11-23(12-16-25)32(43)40-18-17-35-29(41)20-40/h6-16,19H,17-18,20H2,1-5H3,(H,35,41)(H,36,37)(H,38,42). The van der Waals surface area contributed by atoms with Crippen molar-refractivity contribution in [2.24, 2.45) is 7.05 Å². The van der Waals surface area contributed by atoms with Crippen LogP contribution in [-0.4, -0.2) is 51.8 Å². The molecule has 1 saturated heterocycles. The zero-order chi connectivity index (χ0) is 31.6. The maximum Gasteiger partial charge on any atom is 0.293 e. The van der Waals surface area contributed by atoms with Crippen molar-refractivity contribution in [3.63, 3.8) is 0 Å². The van der Waals surface area contributed by atoms with Crippen molar-refractivity contribution in [2.75, 3.05) is 30.3 Å². The summed E-state index contributed by atoms with van der Waals surface area (Å²) >= 11 is 0. The van der Waals surface area contributed by atoms with E-state index in [1.54, 1.807) is 37.5 Å². The predicted molar refractivity (Wildman–Crippen MR) is 171 cm³/mol. The van der Waals surface area contributed by atoms with Crippen LogP contribution in [0.15, 0.2) is 77.7 Å². The largest absolute Gasteiger partial charge is 0.353 e. The second-order valence-corrected chi connectivity index (χ2v) is 11.9. The molecule has 0 bridgehead atoms. The third kappa shape index (κ3) is 6.54. The molecular weight excluding hydrogens is 556 g/mol. The van der Waals surface area contributed by atoms with E-state index in [1.807, 2.05) is 49.4 Å². The van der Waals surface area contributed by atoms with Crippen molar-refractivity contribution in [3.05, 3.63) is 106 Å². The number of anilines is 3. The molecule has 2 heterocycles. The average Bonchev–Trinajstić information content (AvgIpc) is 3.00. The van der Waals surface area contributed by atoms with Crippen molar-refractivity contribution in [1.82, 2.24) is 19.8 Å². The molecule has 226 valence electrons. The number of carbonyl (C=O) groups is 3. The lowest BCUT2D eigenvalue weighted by atomic mass is 9.86. The number of hydrogen-bond donors (Lipinski definition) is 3. The molecule has 0 spiro atoms. The van der Waals surface area contributed by atoms with E-state index in [0.29, 0.717) is 41.3 Å². The van der Waals surface area contributed by atoms with E-state index < -0.39 is 0 Å². The summed E-state index contributed by atoms with van der Waals surface area (Å²) in [5.74, 6) is -0.512. The summed E-state index contributed by atoms with van der Waals surface area (Å²) in [6.45, 7) is 9.19. The highest BCUT2D eigenvalue weighted by Gasteiger charge is 2.22. The number of hydrogen-bond acceptors (Lipinski definition) is 6. The monoisotopic (exact) mass is 592 g/mol. The molecule has 0 unspecified atom stereocenters. The van der Waals surface area contributed by atoms with Crippen LogP contribution in [0.4, 0.5) is 17.2 Å². The van der Waals surface area contributed by atoms with Gasteiger partial charge in [-0.25, -0.2) is 4.98 Å². The van der Waals surface area contributed by atoms with Crippen molar-refractivity contribution >= 4 is 34.9 Å². The minimum absolute atomic E-state index is 0.00739. The molecule has 3 N–H and O–H groups in total. The summed E-state index contributed by atoms with van der Waals surface area (Å²) in [5.41, 5.74) is 5.15. The van der Waals surface area contributed by atoms with E-state index >= 15 is 0 Å². The molecule has 1 fully saturated rings. The number of amides is 3. The highest BCUT2D eigenvalue weighted by Crippen LogP contribution is 2.29. The van der Waals surface area contributed by atoms with Crippen molar-refractivity contribution in [1.29, 1.82) is 0 Å². The van der Waals surface area contributed by atoms with Gasteiger partial charge in [-0.15, -0.1) is 0 Å². The Hall–Kier alpha value is -5.25. The lowest BCUT2D eigenvalue weighted by Gasteiger charge is -2.26. The lowest BCUT2D eigenvalue weighted by Crippen LogP contribution is -2.49. The van der Waals surface area contributed by atoms with E-state index in [-0.39, 0.29) is 41.1 Å². The van der Waals surface area contributed by atoms with E-state index in [1.165, 1.54) is 9.47 Å². The van der Waals surface area contributed by atoms with Crippen LogP contribution in [0.25, 0.3) is 11.3 Å². The van der Waals surface area contributed by atoms with Gasteiger partial charge in [0.1, 0.15) is 0 Å². The maximum absolute atomic E-state index is 13.1.